The second kappa shape index (κ2) is 18.1. The number of phenolic OH excluding ortho intramolecular Hbond substituents is 2. The summed E-state index contributed by atoms with van der Waals surface area (Å²) in [6, 6.07) is 12.6. The Kier molecular flexibility index (Phi) is 14.0. The molecule has 0 unspecified atom stereocenters. The molecule has 2 N–H and O–H groups in total. The molecule has 1 aliphatic rings. The second-order valence-electron chi connectivity index (χ2n) is 13.1. The number of carbonyl (C=O) groups is 1. The summed E-state index contributed by atoms with van der Waals surface area (Å²) < 4.78 is 0. The molecule has 0 amide bonds. The van der Waals surface area contributed by atoms with E-state index in [2.05, 4.69) is 13.8 Å². The monoisotopic (exact) mass is 657 g/mol. The maximum absolute atomic E-state index is 14.3. The van der Waals surface area contributed by atoms with Crippen molar-refractivity contribution in [3.05, 3.63) is 86.0 Å². The van der Waals surface area contributed by atoms with E-state index in [1.54, 1.807) is 0 Å². The number of aryl methyl sites for hydroxylation is 2. The number of nitrogens with zero attached hydrogens (tertiary/aromatic N) is 1. The molecule has 0 saturated heterocycles. The predicted molar refractivity (Wildman–Crippen MR) is 195 cm³/mol. The van der Waals surface area contributed by atoms with Gasteiger partial charge in [-0.25, -0.2) is 0 Å². The number of ketones is 1. The largest absolute Gasteiger partial charge is 0.507 e. The Morgan fingerprint density at radius 3 is 1.57 bits per heavy atom. The van der Waals surface area contributed by atoms with Gasteiger partial charge in [0, 0.05) is 22.8 Å². The average Bonchev–Trinajstić information content (AvgIpc) is 3.07. The number of fused-ring (bicyclic) bond motifs is 2. The summed E-state index contributed by atoms with van der Waals surface area (Å²) in [7, 11) is 0. The molecular formula is C40H51NO5S. The molecule has 4 rings (SSSR count). The first kappa shape index (κ1) is 36.3. The van der Waals surface area contributed by atoms with Gasteiger partial charge in [-0.3, -0.25) is 14.9 Å². The molecule has 252 valence electrons. The van der Waals surface area contributed by atoms with Crippen LogP contribution < -0.4 is 0 Å². The minimum absolute atomic E-state index is 0.000179. The zero-order chi connectivity index (χ0) is 33.8. The normalized spacial score (nSPS) is 12.3. The highest BCUT2D eigenvalue weighted by atomic mass is 32.1. The number of nitro groups is 1. The van der Waals surface area contributed by atoms with E-state index in [1.165, 1.54) is 63.9 Å². The fraction of sp³-hybridized carbons (Fsp3) is 0.500. The number of hydrogen-bond acceptors (Lipinski definition) is 6. The van der Waals surface area contributed by atoms with Crippen LogP contribution in [0.15, 0.2) is 42.5 Å². The number of thiocarbonyl (C=S) groups is 1. The van der Waals surface area contributed by atoms with Crippen LogP contribution >= 0.6 is 12.2 Å². The summed E-state index contributed by atoms with van der Waals surface area (Å²) in [5.41, 5.74) is 2.26. The molecule has 0 heterocycles. The predicted octanol–water partition coefficient (Wildman–Crippen LogP) is 11.4. The van der Waals surface area contributed by atoms with Crippen molar-refractivity contribution in [2.75, 3.05) is 0 Å². The molecule has 0 spiro atoms. The van der Waals surface area contributed by atoms with Crippen LogP contribution in [0.4, 0.5) is 5.69 Å². The van der Waals surface area contributed by atoms with E-state index < -0.39 is 10.7 Å². The molecule has 3 aromatic rings. The molecule has 0 saturated carbocycles. The zero-order valence-corrected chi connectivity index (χ0v) is 29.1. The summed E-state index contributed by atoms with van der Waals surface area (Å²) >= 11 is 5.93. The van der Waals surface area contributed by atoms with Crippen molar-refractivity contribution in [1.29, 1.82) is 0 Å². The van der Waals surface area contributed by atoms with Crippen molar-refractivity contribution >= 4 is 28.6 Å². The van der Waals surface area contributed by atoms with E-state index in [1.807, 2.05) is 36.4 Å². The number of aromatic hydroxyl groups is 2. The van der Waals surface area contributed by atoms with Crippen molar-refractivity contribution in [3.8, 4) is 22.6 Å². The van der Waals surface area contributed by atoms with Gasteiger partial charge in [-0.15, -0.1) is 0 Å². The summed E-state index contributed by atoms with van der Waals surface area (Å²) in [6.07, 6.45) is 19.1. The zero-order valence-electron chi connectivity index (χ0n) is 28.2. The van der Waals surface area contributed by atoms with E-state index >= 15 is 0 Å². The molecule has 7 heteroatoms. The minimum Gasteiger partial charge on any atom is -0.507 e. The Morgan fingerprint density at radius 2 is 1.09 bits per heavy atom. The molecule has 0 aliphatic heterocycles. The van der Waals surface area contributed by atoms with Gasteiger partial charge in [0.2, 0.25) is 5.78 Å². The number of benzene rings is 3. The van der Waals surface area contributed by atoms with Gasteiger partial charge in [0.05, 0.1) is 15.4 Å². The third kappa shape index (κ3) is 8.86. The minimum atomic E-state index is -0.600. The van der Waals surface area contributed by atoms with Gasteiger partial charge >= 0.3 is 0 Å². The Morgan fingerprint density at radius 1 is 0.638 bits per heavy atom. The van der Waals surface area contributed by atoms with E-state index in [0.29, 0.717) is 29.5 Å². The number of carbonyl (C=O) groups excluding carboxylic acids is 1. The van der Waals surface area contributed by atoms with E-state index in [4.69, 9.17) is 12.2 Å². The lowest BCUT2D eigenvalue weighted by molar-refractivity contribution is -0.385. The van der Waals surface area contributed by atoms with Gasteiger partial charge in [0.1, 0.15) is 17.1 Å². The van der Waals surface area contributed by atoms with Crippen LogP contribution in [-0.4, -0.2) is 25.8 Å². The number of phenols is 2. The van der Waals surface area contributed by atoms with Gasteiger partial charge in [-0.1, -0.05) is 146 Å². The van der Waals surface area contributed by atoms with Gasteiger partial charge < -0.3 is 10.2 Å². The van der Waals surface area contributed by atoms with Gasteiger partial charge in [0.15, 0.2) is 0 Å². The Hall–Kier alpha value is -3.58. The molecule has 6 nitrogen and oxygen atoms in total. The molecule has 0 bridgehead atoms. The van der Waals surface area contributed by atoms with Crippen LogP contribution in [-0.2, 0) is 12.8 Å². The lowest BCUT2D eigenvalue weighted by atomic mass is 9.77. The van der Waals surface area contributed by atoms with E-state index in [0.717, 1.165) is 50.5 Å². The van der Waals surface area contributed by atoms with E-state index in [9.17, 15) is 25.1 Å². The van der Waals surface area contributed by atoms with Crippen molar-refractivity contribution in [2.24, 2.45) is 0 Å². The van der Waals surface area contributed by atoms with Crippen LogP contribution in [0.1, 0.15) is 155 Å². The Labute approximate surface area is 285 Å². The third-order valence-corrected chi connectivity index (χ3v) is 9.93. The highest BCUT2D eigenvalue weighted by Gasteiger charge is 2.40. The molecule has 3 aromatic carbocycles. The maximum Gasteiger partial charge on any atom is 0.281 e. The smallest absolute Gasteiger partial charge is 0.281 e. The summed E-state index contributed by atoms with van der Waals surface area (Å²) in [4.78, 5) is 26.3. The average molecular weight is 658 g/mol. The third-order valence-electron chi connectivity index (χ3n) is 9.53. The number of unbranched alkanes of at least 4 members (excludes halogenated alkanes) is 14. The standard InChI is InChI=1S/C40H51NO5S/c1-3-5-7-9-11-13-15-18-24-29-26-31(28-22-20-17-21-23-28)33-35(37(29)42)40(47)36-34(39(33)44)32(41(45)46)27-30(38(36)43)25-19-16-14-12-10-8-6-4-2/h17,20-23,26-27,42-43H,3-16,18-19,24-25H2,1-2H3. The lowest BCUT2D eigenvalue weighted by Crippen LogP contribution is -2.24. The first-order chi connectivity index (χ1) is 22.8. The summed E-state index contributed by atoms with van der Waals surface area (Å²) in [5, 5.41) is 35.6. The highest BCUT2D eigenvalue weighted by Crippen LogP contribution is 2.47. The van der Waals surface area contributed by atoms with Crippen molar-refractivity contribution in [3.63, 3.8) is 0 Å². The maximum atomic E-state index is 14.3. The summed E-state index contributed by atoms with van der Waals surface area (Å²) in [6.45, 7) is 4.41. The first-order valence-corrected chi connectivity index (χ1v) is 18.3. The topological polar surface area (TPSA) is 101 Å². The van der Waals surface area contributed by atoms with Gasteiger partial charge in [-0.2, -0.15) is 0 Å². The molecule has 47 heavy (non-hydrogen) atoms. The van der Waals surface area contributed by atoms with E-state index in [-0.39, 0.29) is 44.3 Å². The van der Waals surface area contributed by atoms with Crippen molar-refractivity contribution in [1.82, 2.24) is 0 Å². The lowest BCUT2D eigenvalue weighted by Gasteiger charge is -2.26. The number of hydrogen-bond donors (Lipinski definition) is 2. The van der Waals surface area contributed by atoms with Crippen LogP contribution in [0, 0.1) is 10.1 Å². The fourth-order valence-electron chi connectivity index (χ4n) is 6.87. The number of nitro benzene ring substituents is 1. The van der Waals surface area contributed by atoms with Crippen molar-refractivity contribution < 1.29 is 19.9 Å². The first-order valence-electron chi connectivity index (χ1n) is 17.9. The second-order valence-corrected chi connectivity index (χ2v) is 13.5. The van der Waals surface area contributed by atoms with Crippen LogP contribution in [0.2, 0.25) is 0 Å². The SMILES string of the molecule is CCCCCCCCCCc1cc(-c2ccccc2)c2c(c1O)C(=S)c1c(O)c(CCCCCCCCCC)cc([N+](=O)[O-])c1C2=O. The molecule has 0 atom stereocenters. The highest BCUT2D eigenvalue weighted by molar-refractivity contribution is 7.81. The molecule has 1 aliphatic carbocycles. The van der Waals surface area contributed by atoms with Crippen LogP contribution in [0.3, 0.4) is 0 Å². The van der Waals surface area contributed by atoms with Crippen LogP contribution in [0.5, 0.6) is 11.5 Å². The fourth-order valence-corrected chi connectivity index (χ4v) is 7.27. The number of rotatable bonds is 20. The molecule has 0 fully saturated rings. The molecule has 0 radical (unpaired) electrons. The van der Waals surface area contributed by atoms with Crippen LogP contribution in [0.25, 0.3) is 11.1 Å². The summed E-state index contributed by atoms with van der Waals surface area (Å²) in [5.74, 6) is -0.856. The Bertz CT molecular complexity index is 1550. The van der Waals surface area contributed by atoms with Gasteiger partial charge in [0.25, 0.3) is 5.69 Å². The van der Waals surface area contributed by atoms with Crippen molar-refractivity contribution in [2.45, 2.75) is 129 Å². The van der Waals surface area contributed by atoms with Gasteiger partial charge in [-0.05, 0) is 48.4 Å². The quantitative estimate of drug-likeness (QED) is 0.0424. The molecular weight excluding hydrogens is 607 g/mol. The molecule has 0 aromatic heterocycles. The Balaban J connectivity index is 1.67.